The van der Waals surface area contributed by atoms with Gasteiger partial charge in [0.1, 0.15) is 24.0 Å². The number of ether oxygens (including phenoxy) is 1. The second-order valence-corrected chi connectivity index (χ2v) is 20.0. The average Bonchev–Trinajstić information content (AvgIpc) is 3.64. The van der Waals surface area contributed by atoms with Crippen molar-refractivity contribution in [1.29, 1.82) is 0 Å². The number of pyridine rings is 1. The number of fused-ring (bicyclic) bond motifs is 2. The average molecular weight is 990 g/mol. The number of anilines is 2. The number of likely N-dealkylation sites (tertiary alicyclic amines) is 2. The van der Waals surface area contributed by atoms with Crippen molar-refractivity contribution in [2.45, 2.75) is 82.9 Å². The molecule has 4 aromatic rings. The second-order valence-electron chi connectivity index (χ2n) is 19.6. The van der Waals surface area contributed by atoms with Crippen LogP contribution in [0, 0.1) is 17.7 Å². The fraction of sp³-hybridized carbons (Fsp3) is 0.463. The molecule has 3 fully saturated rings. The number of carbonyl (C=O) groups excluding carboxylic acids is 6. The van der Waals surface area contributed by atoms with E-state index in [1.165, 1.54) is 19.2 Å². The predicted molar refractivity (Wildman–Crippen MR) is 270 cm³/mol. The van der Waals surface area contributed by atoms with Crippen molar-refractivity contribution in [2.24, 2.45) is 11.8 Å². The quantitative estimate of drug-likeness (QED) is 0.0948. The second kappa shape index (κ2) is 22.0. The van der Waals surface area contributed by atoms with E-state index in [2.05, 4.69) is 36.4 Å². The van der Waals surface area contributed by atoms with E-state index in [1.807, 2.05) is 24.0 Å². The van der Waals surface area contributed by atoms with Crippen molar-refractivity contribution in [2.75, 3.05) is 76.2 Å². The number of aromatic nitrogens is 1. The Hall–Kier alpha value is -6.23. The Kier molecular flexibility index (Phi) is 15.4. The molecule has 0 bridgehead atoms. The Bertz CT molecular complexity index is 2710. The highest BCUT2D eigenvalue weighted by molar-refractivity contribution is 6.32. The number of hydrogen-bond acceptors (Lipinski definition) is 11. The fourth-order valence-electron chi connectivity index (χ4n) is 11.0. The van der Waals surface area contributed by atoms with E-state index in [4.69, 9.17) is 16.3 Å². The van der Waals surface area contributed by atoms with Crippen LogP contribution < -0.4 is 20.3 Å². The van der Waals surface area contributed by atoms with E-state index in [0.717, 1.165) is 104 Å². The minimum Gasteiger partial charge on any atom is -0.489 e. The molecule has 1 aliphatic carbocycles. The van der Waals surface area contributed by atoms with Crippen LogP contribution in [0.4, 0.5) is 15.8 Å². The van der Waals surface area contributed by atoms with Gasteiger partial charge in [0.15, 0.2) is 0 Å². The summed E-state index contributed by atoms with van der Waals surface area (Å²) in [5, 5.41) is 6.84. The predicted octanol–water partition coefficient (Wildman–Crippen LogP) is 6.83. The van der Waals surface area contributed by atoms with Crippen LogP contribution in [0.1, 0.15) is 91.0 Å². The molecule has 3 unspecified atom stereocenters. The molecule has 5 amide bonds. The van der Waals surface area contributed by atoms with Gasteiger partial charge in [-0.1, -0.05) is 24.6 Å². The van der Waals surface area contributed by atoms with Gasteiger partial charge >= 0.3 is 0 Å². The number of allylic oxidation sites excluding steroid dienone is 2. The van der Waals surface area contributed by atoms with Gasteiger partial charge < -0.3 is 30.0 Å². The topological polar surface area (TPSA) is 165 Å². The standard InChI is InChI=1S/C54H62ClFN8O7/c1-34(35-3-5-36(6-4-35)43-15-20-58-48-13-7-37(56)29-45(43)48)52(68)59-38-8-12-47(55)49(30-38)71-42-18-23-63(24-19-42)51(67)32-60-21-16-39(17-22-60)61-25-27-62(28-26-61)40-9-11-44-46(31-40)54(70)64(53(44)69)41(33-65)10-14-50(66)57-2/h5,7-9,11-13,15,20,29-31,33-35,39,41-42H,3-4,6,10,14,16-19,21-28,32H2,1-2H3,(H,57,66)(H,59,68). The molecule has 3 saturated heterocycles. The molecule has 17 heteroatoms. The van der Waals surface area contributed by atoms with Crippen LogP contribution in [0.25, 0.3) is 16.5 Å². The lowest BCUT2D eigenvalue weighted by molar-refractivity contribution is -0.134. The summed E-state index contributed by atoms with van der Waals surface area (Å²) in [7, 11) is 1.50. The van der Waals surface area contributed by atoms with Crippen LogP contribution in [0.15, 0.2) is 72.9 Å². The number of nitrogens with zero attached hydrogens (tertiary/aromatic N) is 6. The number of imide groups is 1. The highest BCUT2D eigenvalue weighted by Gasteiger charge is 2.41. The molecule has 71 heavy (non-hydrogen) atoms. The molecular formula is C54H62ClFN8O7. The Morgan fingerprint density at radius 3 is 2.35 bits per heavy atom. The number of piperazine rings is 1. The highest BCUT2D eigenvalue weighted by atomic mass is 35.5. The largest absolute Gasteiger partial charge is 0.489 e. The zero-order chi connectivity index (χ0) is 49.8. The Labute approximate surface area is 418 Å². The first kappa shape index (κ1) is 49.7. The van der Waals surface area contributed by atoms with Crippen molar-refractivity contribution in [3.63, 3.8) is 0 Å². The smallest absolute Gasteiger partial charge is 0.262 e. The summed E-state index contributed by atoms with van der Waals surface area (Å²) in [4.78, 5) is 91.5. The van der Waals surface area contributed by atoms with Crippen LogP contribution in [0.3, 0.4) is 0 Å². The van der Waals surface area contributed by atoms with Crippen LogP contribution >= 0.6 is 11.6 Å². The maximum atomic E-state index is 14.1. The zero-order valence-electron chi connectivity index (χ0n) is 40.4. The molecule has 1 aromatic heterocycles. The van der Waals surface area contributed by atoms with E-state index in [9.17, 15) is 33.2 Å². The van der Waals surface area contributed by atoms with Gasteiger partial charge in [0.2, 0.25) is 17.7 Å². The van der Waals surface area contributed by atoms with Gasteiger partial charge in [-0.2, -0.15) is 0 Å². The minimum atomic E-state index is -1.01. The number of nitrogens with one attached hydrogen (secondary N) is 2. The molecule has 5 aliphatic rings. The van der Waals surface area contributed by atoms with Gasteiger partial charge in [-0.25, -0.2) is 4.39 Å². The van der Waals surface area contributed by atoms with Crippen molar-refractivity contribution < 1.29 is 37.9 Å². The molecule has 374 valence electrons. The van der Waals surface area contributed by atoms with Crippen molar-refractivity contribution in [3.05, 3.63) is 100 Å². The molecule has 15 nitrogen and oxygen atoms in total. The van der Waals surface area contributed by atoms with Crippen molar-refractivity contribution >= 4 is 75.3 Å². The summed E-state index contributed by atoms with van der Waals surface area (Å²) >= 11 is 6.60. The Balaban J connectivity index is 0.686. The van der Waals surface area contributed by atoms with Crippen LogP contribution in [-0.4, -0.2) is 145 Å². The van der Waals surface area contributed by atoms with Crippen LogP contribution in [-0.2, 0) is 19.2 Å². The third kappa shape index (κ3) is 11.1. The fourth-order valence-corrected chi connectivity index (χ4v) is 11.1. The van der Waals surface area contributed by atoms with Gasteiger partial charge in [-0.15, -0.1) is 0 Å². The summed E-state index contributed by atoms with van der Waals surface area (Å²) in [5.41, 5.74) is 4.92. The van der Waals surface area contributed by atoms with E-state index < -0.39 is 17.9 Å². The number of hydrogen-bond donors (Lipinski definition) is 2. The summed E-state index contributed by atoms with van der Waals surface area (Å²) in [6.45, 7) is 8.44. The molecule has 3 atom stereocenters. The van der Waals surface area contributed by atoms with Gasteiger partial charge in [0.25, 0.3) is 11.8 Å². The normalized spacial score (nSPS) is 20.4. The molecule has 3 aromatic carbocycles. The van der Waals surface area contributed by atoms with E-state index in [0.29, 0.717) is 61.3 Å². The number of piperidine rings is 2. The monoisotopic (exact) mass is 988 g/mol. The number of halogens is 2. The first-order valence-corrected chi connectivity index (χ1v) is 25.4. The summed E-state index contributed by atoms with van der Waals surface area (Å²) < 4.78 is 20.5. The van der Waals surface area contributed by atoms with Gasteiger partial charge in [-0.05, 0) is 110 Å². The Morgan fingerprint density at radius 2 is 1.63 bits per heavy atom. The molecular weight excluding hydrogens is 927 g/mol. The Morgan fingerprint density at radius 1 is 0.873 bits per heavy atom. The van der Waals surface area contributed by atoms with Gasteiger partial charge in [0, 0.05) is 120 Å². The molecule has 0 spiro atoms. The third-order valence-electron chi connectivity index (χ3n) is 15.4. The van der Waals surface area contributed by atoms with E-state index in [1.54, 1.807) is 42.6 Å². The molecule has 9 rings (SSSR count). The van der Waals surface area contributed by atoms with Crippen LogP contribution in [0.5, 0.6) is 5.75 Å². The summed E-state index contributed by atoms with van der Waals surface area (Å²) in [6, 6.07) is 16.6. The van der Waals surface area contributed by atoms with E-state index >= 15 is 0 Å². The number of benzene rings is 3. The number of amides is 5. The third-order valence-corrected chi connectivity index (χ3v) is 15.7. The lowest BCUT2D eigenvalue weighted by Crippen LogP contribution is -2.54. The lowest BCUT2D eigenvalue weighted by Gasteiger charge is -2.43. The summed E-state index contributed by atoms with van der Waals surface area (Å²) in [6.07, 6.45) is 10.1. The first-order valence-electron chi connectivity index (χ1n) is 25.0. The van der Waals surface area contributed by atoms with Crippen LogP contribution in [0.2, 0.25) is 5.02 Å². The first-order chi connectivity index (χ1) is 34.4. The van der Waals surface area contributed by atoms with Gasteiger partial charge in [0.05, 0.1) is 34.3 Å². The maximum absolute atomic E-state index is 14.1. The highest BCUT2D eigenvalue weighted by Crippen LogP contribution is 2.38. The van der Waals surface area contributed by atoms with Gasteiger partial charge in [-0.3, -0.25) is 43.7 Å². The molecule has 0 saturated carbocycles. The summed E-state index contributed by atoms with van der Waals surface area (Å²) in [5.74, 6) is -1.10. The van der Waals surface area contributed by atoms with E-state index in [-0.39, 0.29) is 65.4 Å². The molecule has 2 N–H and O–H groups in total. The molecule has 0 radical (unpaired) electrons. The SMILES string of the molecule is CNC(=O)CCC(C=O)N1C(=O)c2ccc(N3CCN(C4CCN(CC(=O)N5CCC(Oc6cc(NC(=O)C(C)C7CC=C(c8ccnc9ccc(F)cc89)CC7)ccc6Cl)CC5)CC4)CC3)cc2C1=O. The van der Waals surface area contributed by atoms with Crippen molar-refractivity contribution in [1.82, 2.24) is 29.9 Å². The number of rotatable bonds is 15. The molecule has 5 heterocycles. The zero-order valence-corrected chi connectivity index (χ0v) is 41.2. The number of aldehydes is 1. The molecule has 4 aliphatic heterocycles. The minimum absolute atomic E-state index is 0.0269. The van der Waals surface area contributed by atoms with Crippen molar-refractivity contribution in [3.8, 4) is 5.75 Å². The maximum Gasteiger partial charge on any atom is 0.262 e. The lowest BCUT2D eigenvalue weighted by atomic mass is 9.79. The number of carbonyl (C=O) groups is 6.